The molecule has 0 saturated carbocycles. The van der Waals surface area contributed by atoms with Crippen LogP contribution in [0.4, 0.5) is 0 Å². The van der Waals surface area contributed by atoms with Gasteiger partial charge in [0, 0.05) is 11.8 Å². The number of halogens is 1. The molecule has 1 rings (SSSR count). The largest absolute Gasteiger partial charge is 0.242 e. The summed E-state index contributed by atoms with van der Waals surface area (Å²) in [7, 11) is -2.81. The Hall–Kier alpha value is -0.200. The maximum atomic E-state index is 8.49. The van der Waals surface area contributed by atoms with E-state index >= 15 is 0 Å². The fourth-order valence-corrected chi connectivity index (χ4v) is 1.23. The molecule has 0 spiro atoms. The molecule has 0 bridgehead atoms. The van der Waals surface area contributed by atoms with E-state index < -0.39 is 10.2 Å². The Morgan fingerprint density at radius 1 is 1.23 bits per heavy atom. The Morgan fingerprint density at radius 2 is 1.62 bits per heavy atom. The Morgan fingerprint density at radius 3 is 1.69 bits per heavy atom. The van der Waals surface area contributed by atoms with Crippen LogP contribution in [0.15, 0.2) is 0 Å². The molecule has 0 aliphatic carbocycles. The lowest BCUT2D eigenvalue weighted by atomic mass is 10.0. The van der Waals surface area contributed by atoms with E-state index in [1.54, 1.807) is 0 Å². The van der Waals surface area contributed by atoms with Crippen molar-refractivity contribution in [2.24, 2.45) is 11.8 Å². The fraction of sp³-hybridized carbons (Fsp3) is 0.857. The molecule has 0 radical (unpaired) electrons. The summed E-state index contributed by atoms with van der Waals surface area (Å²) in [6.07, 6.45) is 2.30. The first kappa shape index (κ1) is 12.8. The highest BCUT2D eigenvalue weighted by atomic mass is 35.7. The SMILES string of the molecule is CC1C=[N+](C)CC1C.[O-][Cl+3]([O-])([O-])[O-]. The third kappa shape index (κ3) is 8.14. The molecule has 0 saturated heterocycles. The highest BCUT2D eigenvalue weighted by Gasteiger charge is 2.23. The van der Waals surface area contributed by atoms with E-state index in [9.17, 15) is 0 Å². The van der Waals surface area contributed by atoms with Gasteiger partial charge in [0.1, 0.15) is 19.8 Å². The lowest BCUT2D eigenvalue weighted by Crippen LogP contribution is -2.68. The van der Waals surface area contributed by atoms with E-state index in [1.807, 2.05) is 0 Å². The quantitative estimate of drug-likeness (QED) is 0.385. The van der Waals surface area contributed by atoms with Gasteiger partial charge in [-0.3, -0.25) is 0 Å². The molecule has 2 atom stereocenters. The van der Waals surface area contributed by atoms with Crippen molar-refractivity contribution in [1.82, 2.24) is 0 Å². The smallest absolute Gasteiger partial charge is 0.145 e. The average Bonchev–Trinajstić information content (AvgIpc) is 2.05. The van der Waals surface area contributed by atoms with Gasteiger partial charge in [0.25, 0.3) is 0 Å². The molecule has 13 heavy (non-hydrogen) atoms. The summed E-state index contributed by atoms with van der Waals surface area (Å²) in [5.41, 5.74) is 0. The normalized spacial score (nSPS) is 27.8. The molecule has 0 aromatic heterocycles. The molecule has 0 fully saturated rings. The molecule has 1 heterocycles. The number of nitrogens with zero attached hydrogens (tertiary/aromatic N) is 1. The molecule has 1 aliphatic rings. The van der Waals surface area contributed by atoms with Crippen LogP contribution in [-0.2, 0) is 0 Å². The van der Waals surface area contributed by atoms with Crippen molar-refractivity contribution in [1.29, 1.82) is 0 Å². The predicted molar refractivity (Wildman–Crippen MR) is 35.4 cm³/mol. The van der Waals surface area contributed by atoms with Gasteiger partial charge in [0.15, 0.2) is 0 Å². The van der Waals surface area contributed by atoms with Crippen LogP contribution in [0.1, 0.15) is 13.8 Å². The second-order valence-electron chi connectivity index (χ2n) is 3.30. The molecule has 0 amide bonds. The second kappa shape index (κ2) is 4.88. The molecular weight excluding hydrogens is 198 g/mol. The van der Waals surface area contributed by atoms with Crippen LogP contribution in [-0.4, -0.2) is 24.4 Å². The highest BCUT2D eigenvalue weighted by molar-refractivity contribution is 5.56. The van der Waals surface area contributed by atoms with E-state index in [2.05, 4.69) is 31.7 Å². The number of rotatable bonds is 0. The lowest BCUT2D eigenvalue weighted by molar-refractivity contribution is -2.00. The van der Waals surface area contributed by atoms with Crippen LogP contribution >= 0.6 is 0 Å². The van der Waals surface area contributed by atoms with Gasteiger partial charge in [-0.1, -0.05) is 13.8 Å². The van der Waals surface area contributed by atoms with Gasteiger partial charge in [-0.15, -0.1) is 10.2 Å². The summed E-state index contributed by atoms with van der Waals surface area (Å²) in [5.74, 6) is 1.65. The topological polar surface area (TPSA) is 95.2 Å². The average molecular weight is 212 g/mol. The van der Waals surface area contributed by atoms with Crippen molar-refractivity contribution >= 4 is 6.21 Å². The van der Waals surface area contributed by atoms with Crippen LogP contribution in [0.5, 0.6) is 0 Å². The first-order valence-electron chi connectivity index (χ1n) is 3.87. The molecule has 5 nitrogen and oxygen atoms in total. The molecule has 1 aliphatic heterocycles. The van der Waals surface area contributed by atoms with Crippen LogP contribution in [0.3, 0.4) is 0 Å². The molecule has 0 aromatic carbocycles. The first-order chi connectivity index (χ1) is 5.70. The minimum Gasteiger partial charge on any atom is -0.242 e. The maximum Gasteiger partial charge on any atom is 0.145 e. The zero-order valence-corrected chi connectivity index (χ0v) is 8.65. The van der Waals surface area contributed by atoms with Gasteiger partial charge >= 0.3 is 0 Å². The van der Waals surface area contributed by atoms with Crippen molar-refractivity contribution in [2.75, 3.05) is 13.6 Å². The summed E-state index contributed by atoms with van der Waals surface area (Å²) < 4.78 is 36.2. The molecule has 78 valence electrons. The van der Waals surface area contributed by atoms with E-state index in [0.717, 1.165) is 11.8 Å². The molecule has 2 unspecified atom stereocenters. The van der Waals surface area contributed by atoms with Crippen molar-refractivity contribution in [2.45, 2.75) is 13.8 Å². The van der Waals surface area contributed by atoms with Gasteiger partial charge < -0.3 is 0 Å². The highest BCUT2D eigenvalue weighted by Crippen LogP contribution is 2.12. The number of hydrogen-bond acceptors (Lipinski definition) is 4. The first-order valence-corrected chi connectivity index (χ1v) is 5.10. The van der Waals surface area contributed by atoms with Crippen LogP contribution in [0, 0.1) is 22.1 Å². The van der Waals surface area contributed by atoms with E-state index in [0.29, 0.717) is 0 Å². The number of hydrogen-bond donors (Lipinski definition) is 0. The van der Waals surface area contributed by atoms with Crippen molar-refractivity contribution in [3.05, 3.63) is 0 Å². The lowest BCUT2D eigenvalue weighted by Gasteiger charge is -2.17. The van der Waals surface area contributed by atoms with Crippen LogP contribution < -0.4 is 18.6 Å². The standard InChI is InChI=1S/C7H14N.ClHO4/c1-6-4-8(3)5-7(6)2;2-1(3,4)5/h4,6-7H,5H2,1-3H3;(H,2,3,4,5)/q+1;/p-1. The van der Waals surface area contributed by atoms with Gasteiger partial charge in [-0.2, -0.15) is 0 Å². The molecule has 0 N–H and O–H groups in total. The van der Waals surface area contributed by atoms with Crippen molar-refractivity contribution in [3.8, 4) is 0 Å². The monoisotopic (exact) mass is 211 g/mol. The predicted octanol–water partition coefficient (Wildman–Crippen LogP) is -3.77. The van der Waals surface area contributed by atoms with Gasteiger partial charge in [-0.25, -0.2) is 23.2 Å². The Kier molecular flexibility index (Phi) is 4.80. The van der Waals surface area contributed by atoms with Crippen LogP contribution in [0.25, 0.3) is 0 Å². The molecule has 6 heteroatoms. The van der Waals surface area contributed by atoms with Crippen molar-refractivity contribution in [3.63, 3.8) is 0 Å². The second-order valence-corrected chi connectivity index (χ2v) is 4.06. The summed E-state index contributed by atoms with van der Waals surface area (Å²) in [6, 6.07) is 0. The summed E-state index contributed by atoms with van der Waals surface area (Å²) >= 11 is 0. The minimum absolute atomic E-state index is 0.792. The zero-order valence-electron chi connectivity index (χ0n) is 7.90. The van der Waals surface area contributed by atoms with Gasteiger partial charge in [-0.05, 0) is 0 Å². The van der Waals surface area contributed by atoms with E-state index in [-0.39, 0.29) is 0 Å². The van der Waals surface area contributed by atoms with Gasteiger partial charge in [0.05, 0.1) is 0 Å². The zero-order chi connectivity index (χ0) is 10.6. The summed E-state index contributed by atoms with van der Waals surface area (Å²) in [5, 5.41) is 0. The Bertz CT molecular complexity index is 183. The summed E-state index contributed by atoms with van der Waals surface area (Å²) in [6.45, 7) is 5.81. The van der Waals surface area contributed by atoms with E-state index in [1.165, 1.54) is 6.54 Å². The van der Waals surface area contributed by atoms with Gasteiger partial charge in [0.2, 0.25) is 0 Å². The Labute approximate surface area is 79.7 Å². The fourth-order valence-electron chi connectivity index (χ4n) is 1.23. The minimum atomic E-state index is -4.94. The summed E-state index contributed by atoms with van der Waals surface area (Å²) in [4.78, 5) is 0. The Balaban J connectivity index is 0.000000252. The van der Waals surface area contributed by atoms with E-state index in [4.69, 9.17) is 18.6 Å². The molecular formula is C7H14ClNO4. The van der Waals surface area contributed by atoms with Crippen LogP contribution in [0.2, 0.25) is 0 Å². The van der Waals surface area contributed by atoms with Crippen molar-refractivity contribution < 1.29 is 33.5 Å². The third-order valence-electron chi connectivity index (χ3n) is 1.96. The molecule has 0 aromatic rings. The third-order valence-corrected chi connectivity index (χ3v) is 1.96. The maximum absolute atomic E-state index is 8.49.